The van der Waals surface area contributed by atoms with Crippen LogP contribution in [0.3, 0.4) is 0 Å². The van der Waals surface area contributed by atoms with Gasteiger partial charge in [0, 0.05) is 18.9 Å². The molecule has 0 spiro atoms. The standard InChI is InChI=1S/C11H9Cl2N3/c12-8-2-1-3-9(13)10(8)16-7-6-15-5-4-14-11(15)16/h1-3,6-7H,4-5H2. The molecule has 0 atom stereocenters. The van der Waals surface area contributed by atoms with Crippen molar-refractivity contribution in [2.24, 2.45) is 4.99 Å². The topological polar surface area (TPSA) is 18.8 Å². The third-order valence-corrected chi connectivity index (χ3v) is 3.25. The van der Waals surface area contributed by atoms with Crippen LogP contribution in [0.2, 0.25) is 10.0 Å². The first-order chi connectivity index (χ1) is 7.77. The Morgan fingerprint density at radius 1 is 1.12 bits per heavy atom. The molecular weight excluding hydrogens is 245 g/mol. The Bertz CT molecular complexity index is 476. The smallest absolute Gasteiger partial charge is 0.209 e. The summed E-state index contributed by atoms with van der Waals surface area (Å²) < 4.78 is 0. The summed E-state index contributed by atoms with van der Waals surface area (Å²) in [5.74, 6) is 0.898. The highest BCUT2D eigenvalue weighted by Gasteiger charge is 2.28. The van der Waals surface area contributed by atoms with Crippen LogP contribution in [0.1, 0.15) is 0 Å². The first kappa shape index (κ1) is 10.00. The molecule has 1 aromatic rings. The van der Waals surface area contributed by atoms with Gasteiger partial charge in [-0.3, -0.25) is 9.89 Å². The van der Waals surface area contributed by atoms with Gasteiger partial charge in [0.05, 0.1) is 22.3 Å². The third kappa shape index (κ3) is 1.39. The molecule has 0 N–H and O–H groups in total. The molecule has 2 aliphatic rings. The average Bonchev–Trinajstić information content (AvgIpc) is 2.81. The molecule has 16 heavy (non-hydrogen) atoms. The van der Waals surface area contributed by atoms with E-state index in [2.05, 4.69) is 9.89 Å². The van der Waals surface area contributed by atoms with E-state index in [1.54, 1.807) is 0 Å². The zero-order valence-corrected chi connectivity index (χ0v) is 9.91. The molecule has 0 radical (unpaired) electrons. The summed E-state index contributed by atoms with van der Waals surface area (Å²) in [5.41, 5.74) is 0.797. The SMILES string of the molecule is Clc1cccc(Cl)c1N1C=CN2CCN=C21. The highest BCUT2D eigenvalue weighted by molar-refractivity contribution is 6.40. The van der Waals surface area contributed by atoms with E-state index < -0.39 is 0 Å². The van der Waals surface area contributed by atoms with Crippen molar-refractivity contribution in [3.63, 3.8) is 0 Å². The zero-order chi connectivity index (χ0) is 11.1. The number of benzene rings is 1. The first-order valence-electron chi connectivity index (χ1n) is 5.00. The van der Waals surface area contributed by atoms with Gasteiger partial charge in [-0.15, -0.1) is 0 Å². The van der Waals surface area contributed by atoms with Crippen LogP contribution in [0, 0.1) is 0 Å². The van der Waals surface area contributed by atoms with E-state index in [1.165, 1.54) is 0 Å². The van der Waals surface area contributed by atoms with E-state index in [9.17, 15) is 0 Å². The summed E-state index contributed by atoms with van der Waals surface area (Å²) in [4.78, 5) is 8.44. The zero-order valence-electron chi connectivity index (χ0n) is 8.40. The van der Waals surface area contributed by atoms with Crippen molar-refractivity contribution in [2.45, 2.75) is 0 Å². The fourth-order valence-electron chi connectivity index (χ4n) is 1.91. The van der Waals surface area contributed by atoms with E-state index in [0.29, 0.717) is 10.0 Å². The Balaban J connectivity index is 2.08. The van der Waals surface area contributed by atoms with Gasteiger partial charge in [-0.25, -0.2) is 0 Å². The molecule has 1 aromatic carbocycles. The number of fused-ring (bicyclic) bond motifs is 1. The van der Waals surface area contributed by atoms with Crippen LogP contribution in [0.25, 0.3) is 0 Å². The fraction of sp³-hybridized carbons (Fsp3) is 0.182. The number of aliphatic imine (C=N–C) groups is 1. The summed E-state index contributed by atoms with van der Waals surface area (Å²) in [6.45, 7) is 1.74. The van der Waals surface area contributed by atoms with Crippen LogP contribution in [0.15, 0.2) is 35.6 Å². The van der Waals surface area contributed by atoms with Crippen LogP contribution in [-0.4, -0.2) is 23.9 Å². The van der Waals surface area contributed by atoms with Gasteiger partial charge in [0.2, 0.25) is 5.96 Å². The van der Waals surface area contributed by atoms with Crippen molar-refractivity contribution < 1.29 is 0 Å². The highest BCUT2D eigenvalue weighted by atomic mass is 35.5. The van der Waals surface area contributed by atoms with Crippen molar-refractivity contribution in [1.29, 1.82) is 0 Å². The molecule has 0 aromatic heterocycles. The van der Waals surface area contributed by atoms with Crippen molar-refractivity contribution in [3.05, 3.63) is 40.6 Å². The van der Waals surface area contributed by atoms with Crippen LogP contribution >= 0.6 is 23.2 Å². The Morgan fingerprint density at radius 3 is 2.62 bits per heavy atom. The number of hydrogen-bond donors (Lipinski definition) is 0. The van der Waals surface area contributed by atoms with E-state index in [0.717, 1.165) is 24.7 Å². The van der Waals surface area contributed by atoms with Gasteiger partial charge in [0.1, 0.15) is 0 Å². The highest BCUT2D eigenvalue weighted by Crippen LogP contribution is 2.36. The van der Waals surface area contributed by atoms with E-state index >= 15 is 0 Å². The van der Waals surface area contributed by atoms with Crippen molar-refractivity contribution in [1.82, 2.24) is 4.90 Å². The number of anilines is 1. The second-order valence-electron chi connectivity index (χ2n) is 3.61. The molecule has 0 unspecified atom stereocenters. The number of para-hydroxylation sites is 1. The number of hydrogen-bond acceptors (Lipinski definition) is 3. The van der Waals surface area contributed by atoms with Gasteiger partial charge in [0.15, 0.2) is 0 Å². The molecule has 0 amide bonds. The van der Waals surface area contributed by atoms with Gasteiger partial charge in [-0.2, -0.15) is 0 Å². The summed E-state index contributed by atoms with van der Waals surface area (Å²) in [6, 6.07) is 5.49. The molecule has 0 aliphatic carbocycles. The quantitative estimate of drug-likeness (QED) is 0.767. The van der Waals surface area contributed by atoms with Gasteiger partial charge < -0.3 is 4.90 Å². The largest absolute Gasteiger partial charge is 0.315 e. The van der Waals surface area contributed by atoms with Crippen LogP contribution in [0.4, 0.5) is 5.69 Å². The first-order valence-corrected chi connectivity index (χ1v) is 5.75. The number of guanidine groups is 1. The van der Waals surface area contributed by atoms with Crippen molar-refractivity contribution in [3.8, 4) is 0 Å². The molecule has 2 heterocycles. The minimum absolute atomic E-state index is 0.633. The summed E-state index contributed by atoms with van der Waals surface area (Å²) in [6.07, 6.45) is 3.93. The third-order valence-electron chi connectivity index (χ3n) is 2.64. The Hall–Kier alpha value is -1.19. The number of nitrogens with zero attached hydrogens (tertiary/aromatic N) is 3. The predicted octanol–water partition coefficient (Wildman–Crippen LogP) is 2.96. The van der Waals surface area contributed by atoms with E-state index in [1.807, 2.05) is 35.5 Å². The Labute approximate surface area is 104 Å². The lowest BCUT2D eigenvalue weighted by molar-refractivity contribution is 0.619. The van der Waals surface area contributed by atoms with Crippen molar-refractivity contribution in [2.75, 3.05) is 18.0 Å². The van der Waals surface area contributed by atoms with Crippen molar-refractivity contribution >= 4 is 34.8 Å². The molecule has 5 heteroatoms. The lowest BCUT2D eigenvalue weighted by Gasteiger charge is -2.20. The molecule has 2 aliphatic heterocycles. The average molecular weight is 254 g/mol. The summed E-state index contributed by atoms with van der Waals surface area (Å²) in [5, 5.41) is 1.27. The molecule has 82 valence electrons. The monoisotopic (exact) mass is 253 g/mol. The minimum atomic E-state index is 0.633. The molecule has 0 saturated carbocycles. The minimum Gasteiger partial charge on any atom is -0.315 e. The van der Waals surface area contributed by atoms with E-state index in [4.69, 9.17) is 23.2 Å². The van der Waals surface area contributed by atoms with E-state index in [-0.39, 0.29) is 0 Å². The second kappa shape index (κ2) is 3.68. The maximum Gasteiger partial charge on any atom is 0.209 e. The van der Waals surface area contributed by atoms with Crippen LogP contribution in [-0.2, 0) is 0 Å². The van der Waals surface area contributed by atoms with Gasteiger partial charge in [-0.1, -0.05) is 29.3 Å². The van der Waals surface area contributed by atoms with Gasteiger partial charge in [0.25, 0.3) is 0 Å². The molecule has 0 bridgehead atoms. The van der Waals surface area contributed by atoms with Crippen LogP contribution < -0.4 is 4.90 Å². The Kier molecular flexibility index (Phi) is 2.30. The van der Waals surface area contributed by atoms with Gasteiger partial charge in [-0.05, 0) is 12.1 Å². The molecule has 3 rings (SSSR count). The molecule has 3 nitrogen and oxygen atoms in total. The lowest BCUT2D eigenvalue weighted by atomic mass is 10.3. The number of halogens is 2. The molecule has 0 fully saturated rings. The molecule has 0 saturated heterocycles. The van der Waals surface area contributed by atoms with Gasteiger partial charge >= 0.3 is 0 Å². The fourth-order valence-corrected chi connectivity index (χ4v) is 2.49. The number of rotatable bonds is 1. The molecular formula is C11H9Cl2N3. The maximum atomic E-state index is 6.17. The second-order valence-corrected chi connectivity index (χ2v) is 4.43. The summed E-state index contributed by atoms with van der Waals surface area (Å²) in [7, 11) is 0. The maximum absolute atomic E-state index is 6.17. The lowest BCUT2D eigenvalue weighted by Crippen LogP contribution is -2.30. The van der Waals surface area contributed by atoms with Crippen LogP contribution in [0.5, 0.6) is 0 Å². The predicted molar refractivity (Wildman–Crippen MR) is 67.1 cm³/mol. The normalized spacial score (nSPS) is 18.0. The Morgan fingerprint density at radius 2 is 1.88 bits per heavy atom. The summed E-state index contributed by atoms with van der Waals surface area (Å²) >= 11 is 12.3.